The summed E-state index contributed by atoms with van der Waals surface area (Å²) in [4.78, 5) is 11.3. The van der Waals surface area contributed by atoms with E-state index in [1.165, 1.54) is 0 Å². The number of aliphatic hydroxyl groups is 1. The first-order valence-electron chi connectivity index (χ1n) is 4.77. The van der Waals surface area contributed by atoms with E-state index in [1.54, 1.807) is 6.92 Å². The van der Waals surface area contributed by atoms with Crippen molar-refractivity contribution >= 4 is 5.91 Å². The summed E-state index contributed by atoms with van der Waals surface area (Å²) in [7, 11) is 0. The fourth-order valence-corrected chi connectivity index (χ4v) is 1.01. The average molecular weight is 188 g/mol. The minimum atomic E-state index is -0.363. The molecule has 0 aliphatic carbocycles. The van der Waals surface area contributed by atoms with Crippen LogP contribution in [0.1, 0.15) is 26.7 Å². The highest BCUT2D eigenvalue weighted by atomic mass is 16.3. The maximum absolute atomic E-state index is 11.3. The van der Waals surface area contributed by atoms with Crippen LogP contribution in [0.3, 0.4) is 0 Å². The van der Waals surface area contributed by atoms with Gasteiger partial charge < -0.3 is 16.2 Å². The lowest BCUT2D eigenvalue weighted by Gasteiger charge is -2.12. The molecule has 4 heteroatoms. The van der Waals surface area contributed by atoms with Gasteiger partial charge in [-0.05, 0) is 19.8 Å². The molecular weight excluding hydrogens is 168 g/mol. The second-order valence-electron chi connectivity index (χ2n) is 3.27. The molecule has 0 bridgehead atoms. The lowest BCUT2D eigenvalue weighted by atomic mass is 10.1. The minimum absolute atomic E-state index is 0.00866. The minimum Gasteiger partial charge on any atom is -0.393 e. The lowest BCUT2D eigenvalue weighted by Crippen LogP contribution is -2.35. The molecule has 2 unspecified atom stereocenters. The molecule has 2 atom stereocenters. The van der Waals surface area contributed by atoms with Gasteiger partial charge in [0.2, 0.25) is 5.91 Å². The first-order chi connectivity index (χ1) is 6.11. The monoisotopic (exact) mass is 188 g/mol. The van der Waals surface area contributed by atoms with Gasteiger partial charge in [0, 0.05) is 19.0 Å². The van der Waals surface area contributed by atoms with E-state index in [4.69, 9.17) is 10.8 Å². The Hall–Kier alpha value is -0.610. The number of carbonyl (C=O) groups is 1. The number of amides is 1. The quantitative estimate of drug-likeness (QED) is 0.543. The molecule has 0 spiro atoms. The predicted octanol–water partition coefficient (Wildman–Crippen LogP) is -0.142. The SMILES string of the molecule is CCC(CN)C(=O)NCCC(C)O. The van der Waals surface area contributed by atoms with Gasteiger partial charge in [0.05, 0.1) is 6.10 Å². The van der Waals surface area contributed by atoms with E-state index in [-0.39, 0.29) is 17.9 Å². The average Bonchev–Trinajstić information content (AvgIpc) is 2.05. The van der Waals surface area contributed by atoms with Gasteiger partial charge >= 0.3 is 0 Å². The van der Waals surface area contributed by atoms with Gasteiger partial charge in [-0.25, -0.2) is 0 Å². The molecule has 1 amide bonds. The molecular formula is C9H20N2O2. The third-order valence-electron chi connectivity index (χ3n) is 2.01. The topological polar surface area (TPSA) is 75.4 Å². The molecule has 0 aromatic heterocycles. The highest BCUT2D eigenvalue weighted by Gasteiger charge is 2.13. The maximum atomic E-state index is 11.3. The maximum Gasteiger partial charge on any atom is 0.224 e. The van der Waals surface area contributed by atoms with Gasteiger partial charge in [0.1, 0.15) is 0 Å². The molecule has 0 saturated heterocycles. The van der Waals surface area contributed by atoms with E-state index in [2.05, 4.69) is 5.32 Å². The molecule has 0 rings (SSSR count). The van der Waals surface area contributed by atoms with Gasteiger partial charge in [0.25, 0.3) is 0 Å². The van der Waals surface area contributed by atoms with E-state index in [0.29, 0.717) is 19.5 Å². The van der Waals surface area contributed by atoms with E-state index < -0.39 is 0 Å². The smallest absolute Gasteiger partial charge is 0.224 e. The van der Waals surface area contributed by atoms with Crippen molar-refractivity contribution in [3.8, 4) is 0 Å². The first kappa shape index (κ1) is 12.4. The molecule has 4 N–H and O–H groups in total. The molecule has 0 aliphatic rings. The van der Waals surface area contributed by atoms with E-state index in [0.717, 1.165) is 6.42 Å². The molecule has 0 saturated carbocycles. The first-order valence-corrected chi connectivity index (χ1v) is 4.77. The zero-order chi connectivity index (χ0) is 10.3. The van der Waals surface area contributed by atoms with Crippen molar-refractivity contribution in [3.05, 3.63) is 0 Å². The Bertz CT molecular complexity index is 145. The molecule has 4 nitrogen and oxygen atoms in total. The lowest BCUT2D eigenvalue weighted by molar-refractivity contribution is -0.124. The number of carbonyl (C=O) groups excluding carboxylic acids is 1. The van der Waals surface area contributed by atoms with Gasteiger partial charge in [-0.15, -0.1) is 0 Å². The van der Waals surface area contributed by atoms with Crippen LogP contribution in [0.2, 0.25) is 0 Å². The largest absolute Gasteiger partial charge is 0.393 e. The molecule has 0 aliphatic heterocycles. The van der Waals surface area contributed by atoms with Gasteiger partial charge in [-0.2, -0.15) is 0 Å². The summed E-state index contributed by atoms with van der Waals surface area (Å²) in [5.74, 6) is -0.0975. The van der Waals surface area contributed by atoms with E-state index >= 15 is 0 Å². The van der Waals surface area contributed by atoms with Crippen LogP contribution in [0.25, 0.3) is 0 Å². The summed E-state index contributed by atoms with van der Waals surface area (Å²) in [6, 6.07) is 0. The molecule has 78 valence electrons. The van der Waals surface area contributed by atoms with Gasteiger partial charge in [0.15, 0.2) is 0 Å². The standard InChI is InChI=1S/C9H20N2O2/c1-3-8(6-10)9(13)11-5-4-7(2)12/h7-8,12H,3-6,10H2,1-2H3,(H,11,13). The van der Waals surface area contributed by atoms with Crippen molar-refractivity contribution in [2.75, 3.05) is 13.1 Å². The van der Waals surface area contributed by atoms with Gasteiger partial charge in [-0.3, -0.25) is 4.79 Å². The number of nitrogens with one attached hydrogen (secondary N) is 1. The Labute approximate surface area is 79.5 Å². The van der Waals surface area contributed by atoms with Crippen LogP contribution in [0.4, 0.5) is 0 Å². The molecule has 0 radical (unpaired) electrons. The van der Waals surface area contributed by atoms with Crippen LogP contribution < -0.4 is 11.1 Å². The summed E-state index contributed by atoms with van der Waals surface area (Å²) < 4.78 is 0. The third-order valence-corrected chi connectivity index (χ3v) is 2.01. The second-order valence-corrected chi connectivity index (χ2v) is 3.27. The summed E-state index contributed by atoms with van der Waals surface area (Å²) >= 11 is 0. The number of nitrogens with two attached hydrogens (primary N) is 1. The zero-order valence-electron chi connectivity index (χ0n) is 8.42. The predicted molar refractivity (Wildman–Crippen MR) is 52.1 cm³/mol. The summed E-state index contributed by atoms with van der Waals surface area (Å²) in [5, 5.41) is 11.7. The molecule has 0 fully saturated rings. The Balaban J connectivity index is 3.60. The summed E-state index contributed by atoms with van der Waals surface area (Å²) in [6.07, 6.45) is 0.988. The third kappa shape index (κ3) is 5.60. The van der Waals surface area contributed by atoms with Crippen LogP contribution in [-0.4, -0.2) is 30.2 Å². The Morgan fingerprint density at radius 1 is 1.62 bits per heavy atom. The fourth-order valence-electron chi connectivity index (χ4n) is 1.01. The van der Waals surface area contributed by atoms with Crippen LogP contribution >= 0.6 is 0 Å². The van der Waals surface area contributed by atoms with Crippen molar-refractivity contribution in [2.24, 2.45) is 11.7 Å². The van der Waals surface area contributed by atoms with Crippen molar-refractivity contribution in [1.29, 1.82) is 0 Å². The zero-order valence-corrected chi connectivity index (χ0v) is 8.42. The van der Waals surface area contributed by atoms with Crippen molar-refractivity contribution in [3.63, 3.8) is 0 Å². The Morgan fingerprint density at radius 3 is 2.62 bits per heavy atom. The summed E-state index contributed by atoms with van der Waals surface area (Å²) in [5.41, 5.74) is 5.41. The number of hydrogen-bond donors (Lipinski definition) is 3. The van der Waals surface area contributed by atoms with Crippen molar-refractivity contribution in [1.82, 2.24) is 5.32 Å². The Morgan fingerprint density at radius 2 is 2.23 bits per heavy atom. The van der Waals surface area contributed by atoms with Crippen LogP contribution in [0.5, 0.6) is 0 Å². The van der Waals surface area contributed by atoms with Crippen LogP contribution in [0, 0.1) is 5.92 Å². The van der Waals surface area contributed by atoms with Crippen LogP contribution in [-0.2, 0) is 4.79 Å². The molecule has 0 aromatic carbocycles. The second kappa shape index (κ2) is 6.86. The summed E-state index contributed by atoms with van der Waals surface area (Å²) in [6.45, 7) is 4.54. The van der Waals surface area contributed by atoms with E-state index in [1.807, 2.05) is 6.92 Å². The fraction of sp³-hybridized carbons (Fsp3) is 0.889. The Kier molecular flexibility index (Phi) is 6.54. The normalized spacial score (nSPS) is 15.1. The highest BCUT2D eigenvalue weighted by Crippen LogP contribution is 1.99. The molecule has 13 heavy (non-hydrogen) atoms. The number of hydrogen-bond acceptors (Lipinski definition) is 3. The number of aliphatic hydroxyl groups excluding tert-OH is 1. The van der Waals surface area contributed by atoms with E-state index in [9.17, 15) is 4.79 Å². The van der Waals surface area contributed by atoms with Crippen molar-refractivity contribution < 1.29 is 9.90 Å². The van der Waals surface area contributed by atoms with Gasteiger partial charge in [-0.1, -0.05) is 6.92 Å². The highest BCUT2D eigenvalue weighted by molar-refractivity contribution is 5.78. The molecule has 0 heterocycles. The van der Waals surface area contributed by atoms with Crippen LogP contribution in [0.15, 0.2) is 0 Å². The number of rotatable bonds is 6. The van der Waals surface area contributed by atoms with Crippen molar-refractivity contribution in [2.45, 2.75) is 32.8 Å². The molecule has 0 aromatic rings.